The molecular weight excluding hydrogens is 358 g/mol. The van der Waals surface area contributed by atoms with E-state index in [2.05, 4.69) is 11.9 Å². The van der Waals surface area contributed by atoms with Crippen molar-refractivity contribution in [2.24, 2.45) is 0 Å². The molecule has 0 radical (unpaired) electrons. The highest BCUT2D eigenvalue weighted by molar-refractivity contribution is 6.02. The highest BCUT2D eigenvalue weighted by atomic mass is 16.2. The Labute approximate surface area is 164 Å². The Kier molecular flexibility index (Phi) is 5.92. The van der Waals surface area contributed by atoms with Gasteiger partial charge in [-0.1, -0.05) is 36.9 Å². The summed E-state index contributed by atoms with van der Waals surface area (Å²) in [4.78, 5) is 51.4. The van der Waals surface area contributed by atoms with E-state index in [1.54, 1.807) is 4.90 Å². The van der Waals surface area contributed by atoms with Gasteiger partial charge in [0.25, 0.3) is 0 Å². The standard InChI is InChI=1S/C21H25N3O4/c1-2-17(25)23-13-10-21(11-14-23,16-6-4-3-5-7-16)20(28)22-12-15-24-18(26)8-9-19(24)27/h2-7H,1,8-15H2,(H,22,28). The molecule has 1 aromatic carbocycles. The van der Waals surface area contributed by atoms with Gasteiger partial charge in [-0.25, -0.2) is 0 Å². The molecule has 1 aromatic rings. The molecule has 3 rings (SSSR count). The third-order valence-electron chi connectivity index (χ3n) is 5.64. The molecule has 2 aliphatic rings. The summed E-state index contributed by atoms with van der Waals surface area (Å²) in [5.74, 6) is -0.641. The van der Waals surface area contributed by atoms with Gasteiger partial charge in [0.2, 0.25) is 23.6 Å². The van der Waals surface area contributed by atoms with Gasteiger partial charge in [0.1, 0.15) is 0 Å². The first-order valence-electron chi connectivity index (χ1n) is 9.56. The zero-order valence-corrected chi connectivity index (χ0v) is 15.9. The molecule has 2 fully saturated rings. The molecule has 2 aliphatic heterocycles. The summed E-state index contributed by atoms with van der Waals surface area (Å²) in [5, 5.41) is 2.91. The molecule has 0 unspecified atom stereocenters. The van der Waals surface area contributed by atoms with Gasteiger partial charge in [-0.15, -0.1) is 0 Å². The predicted molar refractivity (Wildman–Crippen MR) is 103 cm³/mol. The molecule has 0 bridgehead atoms. The minimum atomic E-state index is -0.738. The Morgan fingerprint density at radius 2 is 1.68 bits per heavy atom. The molecule has 4 amide bonds. The number of carbonyl (C=O) groups excluding carboxylic acids is 4. The first-order chi connectivity index (χ1) is 13.5. The third-order valence-corrected chi connectivity index (χ3v) is 5.64. The van der Waals surface area contributed by atoms with Gasteiger partial charge in [0, 0.05) is 39.0 Å². The molecule has 2 saturated heterocycles. The van der Waals surface area contributed by atoms with Crippen LogP contribution in [-0.4, -0.2) is 59.6 Å². The summed E-state index contributed by atoms with van der Waals surface area (Å²) in [6.07, 6.45) is 2.79. The maximum absolute atomic E-state index is 13.2. The third kappa shape index (κ3) is 3.83. The van der Waals surface area contributed by atoms with E-state index in [1.165, 1.54) is 11.0 Å². The van der Waals surface area contributed by atoms with E-state index in [-0.39, 0.29) is 49.6 Å². The molecule has 0 saturated carbocycles. The largest absolute Gasteiger partial charge is 0.354 e. The Balaban J connectivity index is 1.70. The second-order valence-corrected chi connectivity index (χ2v) is 7.17. The Hall–Kier alpha value is -2.96. The minimum absolute atomic E-state index is 0.131. The van der Waals surface area contributed by atoms with Crippen LogP contribution in [0.2, 0.25) is 0 Å². The second-order valence-electron chi connectivity index (χ2n) is 7.17. The number of piperidine rings is 1. The lowest BCUT2D eigenvalue weighted by Crippen LogP contribution is -2.53. The van der Waals surface area contributed by atoms with Gasteiger partial charge < -0.3 is 10.2 Å². The van der Waals surface area contributed by atoms with Crippen LogP contribution in [0.1, 0.15) is 31.2 Å². The molecule has 0 aromatic heterocycles. The quantitative estimate of drug-likeness (QED) is 0.586. The van der Waals surface area contributed by atoms with Crippen molar-refractivity contribution in [3.63, 3.8) is 0 Å². The molecule has 7 heteroatoms. The number of amides is 4. The molecule has 0 atom stereocenters. The molecule has 7 nitrogen and oxygen atoms in total. The van der Waals surface area contributed by atoms with Crippen LogP contribution in [0.25, 0.3) is 0 Å². The smallest absolute Gasteiger partial charge is 0.245 e. The SMILES string of the molecule is C=CC(=O)N1CCC(C(=O)NCCN2C(=O)CCC2=O)(c2ccccc2)CC1. The lowest BCUT2D eigenvalue weighted by atomic mass is 9.72. The number of carbonyl (C=O) groups is 4. The predicted octanol–water partition coefficient (Wildman–Crippen LogP) is 0.998. The van der Waals surface area contributed by atoms with Crippen molar-refractivity contribution in [2.45, 2.75) is 31.1 Å². The van der Waals surface area contributed by atoms with E-state index in [0.717, 1.165) is 5.56 Å². The van der Waals surface area contributed by atoms with Crippen LogP contribution in [-0.2, 0) is 24.6 Å². The van der Waals surface area contributed by atoms with Crippen LogP contribution in [0.5, 0.6) is 0 Å². The van der Waals surface area contributed by atoms with Crippen molar-refractivity contribution < 1.29 is 19.2 Å². The van der Waals surface area contributed by atoms with Crippen molar-refractivity contribution in [1.82, 2.24) is 15.1 Å². The van der Waals surface area contributed by atoms with Gasteiger partial charge in [-0.2, -0.15) is 0 Å². The number of nitrogens with zero attached hydrogens (tertiary/aromatic N) is 2. The number of nitrogens with one attached hydrogen (secondary N) is 1. The summed E-state index contributed by atoms with van der Waals surface area (Å²) >= 11 is 0. The zero-order chi connectivity index (χ0) is 20.1. The molecule has 28 heavy (non-hydrogen) atoms. The van der Waals surface area contributed by atoms with E-state index in [9.17, 15) is 19.2 Å². The highest BCUT2D eigenvalue weighted by Crippen LogP contribution is 2.36. The lowest BCUT2D eigenvalue weighted by molar-refractivity contribution is -0.139. The topological polar surface area (TPSA) is 86.8 Å². The maximum atomic E-state index is 13.2. The second kappa shape index (κ2) is 8.37. The molecular formula is C21H25N3O4. The molecule has 0 aliphatic carbocycles. The van der Waals surface area contributed by atoms with Crippen molar-refractivity contribution in [3.05, 3.63) is 48.6 Å². The number of likely N-dealkylation sites (tertiary alicyclic amines) is 2. The molecule has 1 N–H and O–H groups in total. The van der Waals surface area contributed by atoms with Crippen molar-refractivity contribution in [3.8, 4) is 0 Å². The van der Waals surface area contributed by atoms with Crippen LogP contribution < -0.4 is 5.32 Å². The normalized spacial score (nSPS) is 18.9. The van der Waals surface area contributed by atoms with E-state index in [1.807, 2.05) is 30.3 Å². The number of hydrogen-bond acceptors (Lipinski definition) is 4. The summed E-state index contributed by atoms with van der Waals surface area (Å²) in [6, 6.07) is 9.55. The summed E-state index contributed by atoms with van der Waals surface area (Å²) in [7, 11) is 0. The monoisotopic (exact) mass is 383 g/mol. The Morgan fingerprint density at radius 1 is 1.07 bits per heavy atom. The van der Waals surface area contributed by atoms with Gasteiger partial charge >= 0.3 is 0 Å². The fourth-order valence-electron chi connectivity index (χ4n) is 3.96. The number of benzene rings is 1. The number of rotatable bonds is 6. The summed E-state index contributed by atoms with van der Waals surface area (Å²) in [6.45, 7) is 4.88. The molecule has 2 heterocycles. The van der Waals surface area contributed by atoms with Crippen LogP contribution in [0.3, 0.4) is 0 Å². The van der Waals surface area contributed by atoms with E-state index < -0.39 is 5.41 Å². The van der Waals surface area contributed by atoms with Crippen LogP contribution >= 0.6 is 0 Å². The summed E-state index contributed by atoms with van der Waals surface area (Å²) in [5.41, 5.74) is 0.171. The fraction of sp³-hybridized carbons (Fsp3) is 0.429. The molecule has 0 spiro atoms. The Morgan fingerprint density at radius 3 is 2.25 bits per heavy atom. The van der Waals surface area contributed by atoms with Crippen LogP contribution in [0.15, 0.2) is 43.0 Å². The Bertz CT molecular complexity index is 766. The van der Waals surface area contributed by atoms with Gasteiger partial charge in [0.05, 0.1) is 5.41 Å². The van der Waals surface area contributed by atoms with Gasteiger partial charge in [-0.3, -0.25) is 24.1 Å². The highest BCUT2D eigenvalue weighted by Gasteiger charge is 2.43. The number of hydrogen-bond donors (Lipinski definition) is 1. The molecule has 148 valence electrons. The average molecular weight is 383 g/mol. The zero-order valence-electron chi connectivity index (χ0n) is 15.9. The van der Waals surface area contributed by atoms with E-state index in [4.69, 9.17) is 0 Å². The van der Waals surface area contributed by atoms with E-state index in [0.29, 0.717) is 25.9 Å². The van der Waals surface area contributed by atoms with Gasteiger partial charge in [-0.05, 0) is 24.5 Å². The van der Waals surface area contributed by atoms with Crippen molar-refractivity contribution in [2.75, 3.05) is 26.2 Å². The number of imide groups is 1. The van der Waals surface area contributed by atoms with Crippen molar-refractivity contribution >= 4 is 23.6 Å². The lowest BCUT2D eigenvalue weighted by Gasteiger charge is -2.41. The first kappa shape index (κ1) is 19.8. The van der Waals surface area contributed by atoms with E-state index >= 15 is 0 Å². The fourth-order valence-corrected chi connectivity index (χ4v) is 3.96. The van der Waals surface area contributed by atoms with Crippen LogP contribution in [0.4, 0.5) is 0 Å². The summed E-state index contributed by atoms with van der Waals surface area (Å²) < 4.78 is 0. The first-order valence-corrected chi connectivity index (χ1v) is 9.56. The minimum Gasteiger partial charge on any atom is -0.354 e. The van der Waals surface area contributed by atoms with Crippen molar-refractivity contribution in [1.29, 1.82) is 0 Å². The van der Waals surface area contributed by atoms with Crippen LogP contribution in [0, 0.1) is 0 Å². The average Bonchev–Trinajstić information content (AvgIpc) is 3.05. The van der Waals surface area contributed by atoms with Gasteiger partial charge in [0.15, 0.2) is 0 Å². The maximum Gasteiger partial charge on any atom is 0.245 e.